The Bertz CT molecular complexity index is 789. The lowest BCUT2D eigenvalue weighted by molar-refractivity contribution is -0.116. The number of fused-ring (bicyclic) bond motifs is 1. The molecule has 2 aromatic rings. The Morgan fingerprint density at radius 1 is 1.09 bits per heavy atom. The van der Waals surface area contributed by atoms with E-state index in [1.54, 1.807) is 36.4 Å². The molecule has 1 aliphatic rings. The molecular formula is C17H13Cl2NO3. The molecule has 0 aromatic heterocycles. The number of carbonyl (C=O) groups excluding carboxylic acids is 2. The van der Waals surface area contributed by atoms with Gasteiger partial charge in [0.1, 0.15) is 5.75 Å². The summed E-state index contributed by atoms with van der Waals surface area (Å²) in [4.78, 5) is 23.6. The van der Waals surface area contributed by atoms with Crippen LogP contribution in [-0.2, 0) is 11.2 Å². The normalized spacial score (nSPS) is 13.2. The summed E-state index contributed by atoms with van der Waals surface area (Å²) in [7, 11) is 0. The van der Waals surface area contributed by atoms with E-state index in [4.69, 9.17) is 27.9 Å². The van der Waals surface area contributed by atoms with Crippen LogP contribution in [0.3, 0.4) is 0 Å². The highest BCUT2D eigenvalue weighted by Gasteiger charge is 2.17. The number of halogens is 2. The van der Waals surface area contributed by atoms with Crippen LogP contribution in [0.25, 0.3) is 0 Å². The lowest BCUT2D eigenvalue weighted by Gasteiger charge is -2.17. The molecule has 0 spiro atoms. The molecule has 1 amide bonds. The third-order valence-corrected chi connectivity index (χ3v) is 4.32. The van der Waals surface area contributed by atoms with Gasteiger partial charge in [0.2, 0.25) is 5.91 Å². The minimum absolute atomic E-state index is 0.000438. The number of rotatable bonds is 4. The SMILES string of the molecule is O=C1CCc2cc(C(=O)COc3ccc(Cl)c(Cl)c3)ccc2N1. The molecule has 118 valence electrons. The molecule has 0 atom stereocenters. The molecule has 0 bridgehead atoms. The van der Waals surface area contributed by atoms with E-state index in [-0.39, 0.29) is 18.3 Å². The third kappa shape index (κ3) is 3.66. The lowest BCUT2D eigenvalue weighted by Crippen LogP contribution is -2.20. The summed E-state index contributed by atoms with van der Waals surface area (Å²) in [5, 5.41) is 3.60. The summed E-state index contributed by atoms with van der Waals surface area (Å²) in [5.74, 6) is 0.341. The molecule has 3 rings (SSSR count). The van der Waals surface area contributed by atoms with Gasteiger partial charge in [0.25, 0.3) is 0 Å². The van der Waals surface area contributed by atoms with Gasteiger partial charge < -0.3 is 10.1 Å². The quantitative estimate of drug-likeness (QED) is 0.844. The van der Waals surface area contributed by atoms with Crippen molar-refractivity contribution in [3.63, 3.8) is 0 Å². The van der Waals surface area contributed by atoms with Crippen LogP contribution in [0.4, 0.5) is 5.69 Å². The number of hydrogen-bond donors (Lipinski definition) is 1. The van der Waals surface area contributed by atoms with Gasteiger partial charge in [-0.05, 0) is 42.3 Å². The van der Waals surface area contributed by atoms with Crippen molar-refractivity contribution in [1.82, 2.24) is 0 Å². The smallest absolute Gasteiger partial charge is 0.224 e. The molecule has 0 radical (unpaired) electrons. The Hall–Kier alpha value is -2.04. The third-order valence-electron chi connectivity index (χ3n) is 3.58. The van der Waals surface area contributed by atoms with Gasteiger partial charge in [0.15, 0.2) is 12.4 Å². The molecule has 6 heteroatoms. The van der Waals surface area contributed by atoms with Crippen LogP contribution in [0.2, 0.25) is 10.0 Å². The van der Waals surface area contributed by atoms with E-state index in [0.717, 1.165) is 11.3 Å². The first-order valence-corrected chi connectivity index (χ1v) is 7.82. The van der Waals surface area contributed by atoms with Crippen LogP contribution in [0.5, 0.6) is 5.75 Å². The molecule has 0 saturated carbocycles. The number of benzene rings is 2. The highest BCUT2D eigenvalue weighted by atomic mass is 35.5. The summed E-state index contributed by atoms with van der Waals surface area (Å²) in [6, 6.07) is 10.1. The van der Waals surface area contributed by atoms with Crippen molar-refractivity contribution >= 4 is 40.6 Å². The number of ketones is 1. The Labute approximate surface area is 143 Å². The number of Topliss-reactive ketones (excluding diaryl/α,β-unsaturated/α-hetero) is 1. The van der Waals surface area contributed by atoms with Crippen LogP contribution < -0.4 is 10.1 Å². The first-order chi connectivity index (χ1) is 11.0. The van der Waals surface area contributed by atoms with E-state index >= 15 is 0 Å². The van der Waals surface area contributed by atoms with Crippen molar-refractivity contribution in [3.05, 3.63) is 57.6 Å². The maximum atomic E-state index is 12.2. The van der Waals surface area contributed by atoms with Crippen molar-refractivity contribution in [2.24, 2.45) is 0 Å². The van der Waals surface area contributed by atoms with Crippen molar-refractivity contribution in [2.45, 2.75) is 12.8 Å². The summed E-state index contributed by atoms with van der Waals surface area (Å²) in [6.07, 6.45) is 1.07. The predicted molar refractivity (Wildman–Crippen MR) is 89.7 cm³/mol. The van der Waals surface area contributed by atoms with Crippen molar-refractivity contribution in [1.29, 1.82) is 0 Å². The van der Waals surface area contributed by atoms with Crippen LogP contribution in [0.1, 0.15) is 22.3 Å². The van der Waals surface area contributed by atoms with Gasteiger partial charge in [-0.15, -0.1) is 0 Å². The van der Waals surface area contributed by atoms with Gasteiger partial charge in [0.05, 0.1) is 10.0 Å². The molecule has 0 saturated heterocycles. The topological polar surface area (TPSA) is 55.4 Å². The Kier molecular flexibility index (Phi) is 4.55. The molecule has 2 aromatic carbocycles. The predicted octanol–water partition coefficient (Wildman–Crippen LogP) is 4.14. The van der Waals surface area contributed by atoms with Gasteiger partial charge in [-0.1, -0.05) is 23.2 Å². The number of hydrogen-bond acceptors (Lipinski definition) is 3. The maximum Gasteiger partial charge on any atom is 0.224 e. The molecule has 23 heavy (non-hydrogen) atoms. The summed E-state index contributed by atoms with van der Waals surface area (Å²) in [6.45, 7) is -0.0941. The van der Waals surface area contributed by atoms with Crippen molar-refractivity contribution < 1.29 is 14.3 Å². The molecule has 0 unspecified atom stereocenters. The molecule has 1 N–H and O–H groups in total. The number of carbonyl (C=O) groups is 2. The number of amides is 1. The van der Waals surface area contributed by atoms with Gasteiger partial charge in [-0.2, -0.15) is 0 Å². The monoisotopic (exact) mass is 349 g/mol. The summed E-state index contributed by atoms with van der Waals surface area (Å²) < 4.78 is 5.46. The zero-order chi connectivity index (χ0) is 16.4. The molecule has 0 fully saturated rings. The largest absolute Gasteiger partial charge is 0.485 e. The van der Waals surface area contributed by atoms with Gasteiger partial charge >= 0.3 is 0 Å². The van der Waals surface area contributed by atoms with E-state index in [9.17, 15) is 9.59 Å². The van der Waals surface area contributed by atoms with Crippen LogP contribution in [-0.4, -0.2) is 18.3 Å². The van der Waals surface area contributed by atoms with E-state index in [1.807, 2.05) is 0 Å². The van der Waals surface area contributed by atoms with Gasteiger partial charge in [0, 0.05) is 23.7 Å². The zero-order valence-corrected chi connectivity index (χ0v) is 13.6. The first kappa shape index (κ1) is 15.8. The average molecular weight is 350 g/mol. The number of aryl methyl sites for hydroxylation is 1. The van der Waals surface area contributed by atoms with E-state index < -0.39 is 0 Å². The molecular weight excluding hydrogens is 337 g/mol. The Balaban J connectivity index is 1.68. The van der Waals surface area contributed by atoms with E-state index in [2.05, 4.69) is 5.32 Å². The number of nitrogens with one attached hydrogen (secondary N) is 1. The minimum atomic E-state index is -0.143. The second-order valence-corrected chi connectivity index (χ2v) is 6.02. The average Bonchev–Trinajstić information content (AvgIpc) is 2.55. The second-order valence-electron chi connectivity index (χ2n) is 5.21. The molecule has 4 nitrogen and oxygen atoms in total. The molecule has 1 aliphatic heterocycles. The number of anilines is 1. The van der Waals surface area contributed by atoms with Gasteiger partial charge in [-0.25, -0.2) is 0 Å². The molecule has 1 heterocycles. The van der Waals surface area contributed by atoms with Crippen LogP contribution in [0.15, 0.2) is 36.4 Å². The number of ether oxygens (including phenoxy) is 1. The van der Waals surface area contributed by atoms with Crippen molar-refractivity contribution in [2.75, 3.05) is 11.9 Å². The highest BCUT2D eigenvalue weighted by Crippen LogP contribution is 2.27. The second kappa shape index (κ2) is 6.60. The van der Waals surface area contributed by atoms with Crippen molar-refractivity contribution in [3.8, 4) is 5.75 Å². The zero-order valence-electron chi connectivity index (χ0n) is 12.1. The van der Waals surface area contributed by atoms with E-state index in [1.165, 1.54) is 0 Å². The summed E-state index contributed by atoms with van der Waals surface area (Å²) in [5.41, 5.74) is 2.29. The Morgan fingerprint density at radius 2 is 1.91 bits per heavy atom. The van der Waals surface area contributed by atoms with Crippen LogP contribution in [0, 0.1) is 0 Å². The maximum absolute atomic E-state index is 12.2. The fourth-order valence-corrected chi connectivity index (χ4v) is 2.64. The van der Waals surface area contributed by atoms with E-state index in [0.29, 0.717) is 34.2 Å². The first-order valence-electron chi connectivity index (χ1n) is 7.07. The minimum Gasteiger partial charge on any atom is -0.485 e. The standard InChI is InChI=1S/C17H13Cl2NO3/c18-13-4-3-12(8-14(13)19)23-9-16(21)11-1-5-15-10(7-11)2-6-17(22)20-15/h1,3-5,7-8H,2,6,9H2,(H,20,22). The fourth-order valence-electron chi connectivity index (χ4n) is 2.36. The molecule has 0 aliphatic carbocycles. The fraction of sp³-hybridized carbons (Fsp3) is 0.176. The summed E-state index contributed by atoms with van der Waals surface area (Å²) >= 11 is 11.7. The lowest BCUT2D eigenvalue weighted by atomic mass is 9.99. The van der Waals surface area contributed by atoms with Crippen LogP contribution >= 0.6 is 23.2 Å². The highest BCUT2D eigenvalue weighted by molar-refractivity contribution is 6.42. The Morgan fingerprint density at radius 3 is 2.70 bits per heavy atom. The van der Waals surface area contributed by atoms with Gasteiger partial charge in [-0.3, -0.25) is 9.59 Å².